The van der Waals surface area contributed by atoms with Crippen LogP contribution in [-0.4, -0.2) is 69.3 Å². The van der Waals surface area contributed by atoms with E-state index < -0.39 is 12.1 Å². The smallest absolute Gasteiger partial charge is 0.487 e. The largest absolute Gasteiger partial charge is 0.573 e. The van der Waals surface area contributed by atoms with E-state index in [0.717, 1.165) is 10.2 Å². The summed E-state index contributed by atoms with van der Waals surface area (Å²) in [5, 5.41) is 9.16. The van der Waals surface area contributed by atoms with Crippen molar-refractivity contribution in [2.45, 2.75) is 6.36 Å². The van der Waals surface area contributed by atoms with Crippen molar-refractivity contribution in [3.63, 3.8) is 0 Å². The van der Waals surface area contributed by atoms with E-state index >= 15 is 0 Å². The van der Waals surface area contributed by atoms with Gasteiger partial charge in [-0.1, -0.05) is 12.1 Å². The van der Waals surface area contributed by atoms with E-state index in [-0.39, 0.29) is 32.2 Å². The summed E-state index contributed by atoms with van der Waals surface area (Å²) >= 11 is 1.38. The molecule has 0 fully saturated rings. The predicted octanol–water partition coefficient (Wildman–Crippen LogP) is 4.28. The molecule has 2 aromatic carbocycles. The van der Waals surface area contributed by atoms with E-state index in [9.17, 15) is 13.2 Å². The Bertz CT molecular complexity index is 965. The summed E-state index contributed by atoms with van der Waals surface area (Å²) in [4.78, 5) is 4.47. The lowest BCUT2D eigenvalue weighted by atomic mass is 10.2. The zero-order chi connectivity index (χ0) is 23.5. The average Bonchev–Trinajstić information content (AvgIpc) is 3.21. The maximum Gasteiger partial charge on any atom is 0.573 e. The van der Waals surface area contributed by atoms with Gasteiger partial charge in [0, 0.05) is 5.56 Å². The standard InChI is InChI=1S/C22H24F3NO6S/c23-22(24,25)32-19-15-16(21-26-17-3-1-2-4-20(17)33-21)5-6-18(19)31-14-13-30-12-11-29-10-9-28-8-7-27/h1-6,15,27H,7-14H2. The second-order valence-corrected chi connectivity index (χ2v) is 7.64. The number of thiazole rings is 1. The average molecular weight is 487 g/mol. The highest BCUT2D eigenvalue weighted by Crippen LogP contribution is 2.38. The summed E-state index contributed by atoms with van der Waals surface area (Å²) in [5.74, 6) is -0.483. The molecule has 1 N–H and O–H groups in total. The van der Waals surface area contributed by atoms with Crippen LogP contribution in [0.4, 0.5) is 13.2 Å². The number of benzene rings is 2. The molecule has 0 aliphatic carbocycles. The van der Waals surface area contributed by atoms with Crippen LogP contribution in [0.15, 0.2) is 42.5 Å². The fourth-order valence-electron chi connectivity index (χ4n) is 2.78. The molecule has 0 aliphatic rings. The molecule has 0 saturated heterocycles. The lowest BCUT2D eigenvalue weighted by Gasteiger charge is -2.15. The van der Waals surface area contributed by atoms with Gasteiger partial charge < -0.3 is 28.8 Å². The van der Waals surface area contributed by atoms with Crippen molar-refractivity contribution < 1.29 is 42.0 Å². The Labute approximate surface area is 192 Å². The van der Waals surface area contributed by atoms with Crippen LogP contribution in [0.25, 0.3) is 20.8 Å². The minimum absolute atomic E-state index is 0.0360. The van der Waals surface area contributed by atoms with Crippen LogP contribution in [0.2, 0.25) is 0 Å². The van der Waals surface area contributed by atoms with Crippen LogP contribution < -0.4 is 9.47 Å². The number of aromatic nitrogens is 1. The maximum atomic E-state index is 12.9. The number of nitrogens with zero attached hydrogens (tertiary/aromatic N) is 1. The summed E-state index contributed by atoms with van der Waals surface area (Å²) in [6.45, 7) is 1.80. The molecule has 0 bridgehead atoms. The molecule has 0 radical (unpaired) electrons. The summed E-state index contributed by atoms with van der Waals surface area (Å²) in [7, 11) is 0. The lowest BCUT2D eigenvalue weighted by Crippen LogP contribution is -2.18. The summed E-state index contributed by atoms with van der Waals surface area (Å²) in [5.41, 5.74) is 1.27. The minimum atomic E-state index is -4.86. The molecule has 3 aromatic rings. The van der Waals surface area contributed by atoms with Crippen LogP contribution >= 0.6 is 11.3 Å². The fraction of sp³-hybridized carbons (Fsp3) is 0.409. The van der Waals surface area contributed by atoms with Gasteiger partial charge in [-0.25, -0.2) is 4.98 Å². The molecular formula is C22H24F3NO6S. The quantitative estimate of drug-likeness (QED) is 0.340. The van der Waals surface area contributed by atoms with Crippen molar-refractivity contribution in [3.05, 3.63) is 42.5 Å². The Hall–Kier alpha value is -2.44. The molecule has 180 valence electrons. The van der Waals surface area contributed by atoms with Gasteiger partial charge in [0.2, 0.25) is 0 Å². The minimum Gasteiger partial charge on any atom is -0.487 e. The summed E-state index contributed by atoms with van der Waals surface area (Å²) in [6, 6.07) is 11.8. The molecule has 0 aliphatic heterocycles. The van der Waals surface area contributed by atoms with E-state index in [4.69, 9.17) is 24.1 Å². The summed E-state index contributed by atoms with van der Waals surface area (Å²) < 4.78 is 65.0. The number of hydrogen-bond donors (Lipinski definition) is 1. The predicted molar refractivity (Wildman–Crippen MR) is 117 cm³/mol. The molecule has 11 heteroatoms. The molecule has 33 heavy (non-hydrogen) atoms. The topological polar surface area (TPSA) is 79.3 Å². The zero-order valence-corrected chi connectivity index (χ0v) is 18.5. The summed E-state index contributed by atoms with van der Waals surface area (Å²) in [6.07, 6.45) is -4.86. The van der Waals surface area contributed by atoms with Crippen molar-refractivity contribution in [3.8, 4) is 22.1 Å². The van der Waals surface area contributed by atoms with E-state index in [1.807, 2.05) is 24.3 Å². The Balaban J connectivity index is 1.52. The Morgan fingerprint density at radius 3 is 2.15 bits per heavy atom. The number of aliphatic hydroxyl groups excluding tert-OH is 1. The van der Waals surface area contributed by atoms with Gasteiger partial charge in [-0.2, -0.15) is 0 Å². The molecule has 0 atom stereocenters. The van der Waals surface area contributed by atoms with Crippen molar-refractivity contribution in [2.75, 3.05) is 52.9 Å². The maximum absolute atomic E-state index is 12.9. The highest BCUT2D eigenvalue weighted by molar-refractivity contribution is 7.21. The van der Waals surface area contributed by atoms with Crippen molar-refractivity contribution in [1.29, 1.82) is 0 Å². The normalized spacial score (nSPS) is 11.8. The highest BCUT2D eigenvalue weighted by Gasteiger charge is 2.32. The Morgan fingerprint density at radius 2 is 1.48 bits per heavy atom. The second-order valence-electron chi connectivity index (χ2n) is 6.61. The Kier molecular flexibility index (Phi) is 9.70. The number of alkyl halides is 3. The fourth-order valence-corrected chi connectivity index (χ4v) is 3.74. The first-order chi connectivity index (χ1) is 16.0. The van der Waals surface area contributed by atoms with Crippen LogP contribution in [0.1, 0.15) is 0 Å². The molecule has 0 unspecified atom stereocenters. The molecule has 1 heterocycles. The zero-order valence-electron chi connectivity index (χ0n) is 17.7. The lowest BCUT2D eigenvalue weighted by molar-refractivity contribution is -0.275. The Morgan fingerprint density at radius 1 is 0.818 bits per heavy atom. The van der Waals surface area contributed by atoms with E-state index in [1.54, 1.807) is 6.07 Å². The van der Waals surface area contributed by atoms with Crippen molar-refractivity contribution >= 4 is 21.6 Å². The van der Waals surface area contributed by atoms with E-state index in [1.165, 1.54) is 23.5 Å². The van der Waals surface area contributed by atoms with Gasteiger partial charge >= 0.3 is 6.36 Å². The molecule has 7 nitrogen and oxygen atoms in total. The SMILES string of the molecule is OCCOCCOCCOCCOc1ccc(-c2nc3ccccc3s2)cc1OC(F)(F)F. The molecule has 1 aromatic heterocycles. The van der Waals surface area contributed by atoms with Crippen molar-refractivity contribution in [2.24, 2.45) is 0 Å². The second kappa shape index (κ2) is 12.7. The van der Waals surface area contributed by atoms with Gasteiger partial charge in [-0.3, -0.25) is 0 Å². The van der Waals surface area contributed by atoms with Gasteiger partial charge in [0.1, 0.15) is 11.6 Å². The molecule has 3 rings (SSSR count). The highest BCUT2D eigenvalue weighted by atomic mass is 32.1. The van der Waals surface area contributed by atoms with Gasteiger partial charge in [-0.05, 0) is 30.3 Å². The van der Waals surface area contributed by atoms with Gasteiger partial charge in [-0.15, -0.1) is 24.5 Å². The first kappa shape index (κ1) is 25.2. The van der Waals surface area contributed by atoms with Crippen LogP contribution in [0.3, 0.4) is 0 Å². The monoisotopic (exact) mass is 487 g/mol. The number of hydrogen-bond acceptors (Lipinski definition) is 8. The molecular weight excluding hydrogens is 463 g/mol. The van der Waals surface area contributed by atoms with Gasteiger partial charge in [0.05, 0.1) is 56.5 Å². The number of halogens is 3. The molecule has 0 amide bonds. The van der Waals surface area contributed by atoms with E-state index in [0.29, 0.717) is 37.0 Å². The third kappa shape index (κ3) is 8.45. The number of ether oxygens (including phenoxy) is 5. The van der Waals surface area contributed by atoms with Crippen LogP contribution in [0.5, 0.6) is 11.5 Å². The number of aliphatic hydroxyl groups is 1. The molecule has 0 saturated carbocycles. The first-order valence-electron chi connectivity index (χ1n) is 10.2. The molecule has 0 spiro atoms. The van der Waals surface area contributed by atoms with Crippen molar-refractivity contribution in [1.82, 2.24) is 4.98 Å². The van der Waals surface area contributed by atoms with Crippen LogP contribution in [-0.2, 0) is 14.2 Å². The van der Waals surface area contributed by atoms with Gasteiger partial charge in [0.15, 0.2) is 11.5 Å². The number of para-hydroxylation sites is 1. The first-order valence-corrected chi connectivity index (χ1v) is 11.0. The third-order valence-corrected chi connectivity index (χ3v) is 5.26. The number of rotatable bonds is 14. The number of fused-ring (bicyclic) bond motifs is 1. The third-order valence-electron chi connectivity index (χ3n) is 4.18. The van der Waals surface area contributed by atoms with E-state index in [2.05, 4.69) is 9.72 Å². The van der Waals surface area contributed by atoms with Crippen LogP contribution in [0, 0.1) is 0 Å². The van der Waals surface area contributed by atoms with Gasteiger partial charge in [0.25, 0.3) is 0 Å².